The van der Waals surface area contributed by atoms with E-state index in [4.69, 9.17) is 9.47 Å². The van der Waals surface area contributed by atoms with Crippen molar-refractivity contribution < 1.29 is 14.3 Å². The molecule has 96 valence electrons. The van der Waals surface area contributed by atoms with E-state index in [9.17, 15) is 4.79 Å². The number of carbonyl (C=O) groups is 1. The number of allylic oxidation sites excluding steroid dienone is 2. The Balaban J connectivity index is 2.12. The number of hydrogen-bond donors (Lipinski definition) is 0. The van der Waals surface area contributed by atoms with Gasteiger partial charge >= 0.3 is 5.97 Å². The molecule has 3 nitrogen and oxygen atoms in total. The summed E-state index contributed by atoms with van der Waals surface area (Å²) in [5, 5.41) is 0. The predicted octanol–water partition coefficient (Wildman–Crippen LogP) is 2.88. The van der Waals surface area contributed by atoms with Gasteiger partial charge in [-0.1, -0.05) is 48.6 Å². The van der Waals surface area contributed by atoms with Crippen LogP contribution in [0.5, 0.6) is 0 Å². The van der Waals surface area contributed by atoms with E-state index in [-0.39, 0.29) is 5.97 Å². The van der Waals surface area contributed by atoms with E-state index >= 15 is 0 Å². The molecule has 0 N–H and O–H groups in total. The maximum Gasteiger partial charge on any atom is 0.330 e. The Kier molecular flexibility index (Phi) is 7.25. The van der Waals surface area contributed by atoms with Crippen molar-refractivity contribution >= 4 is 5.97 Å². The molecule has 18 heavy (non-hydrogen) atoms. The van der Waals surface area contributed by atoms with Crippen molar-refractivity contribution in [1.82, 2.24) is 0 Å². The van der Waals surface area contributed by atoms with Crippen LogP contribution in [0.2, 0.25) is 0 Å². The standard InChI is InChI=1S/C15H18O3/c1-2-18-15(16)11-7-4-8-12-17-13-14-9-5-3-6-10-14/h3-11H,2,12-13H2,1H3/b8-4+,11-7+. The highest BCUT2D eigenvalue weighted by Crippen LogP contribution is 2.00. The molecule has 1 rings (SSSR count). The summed E-state index contributed by atoms with van der Waals surface area (Å²) in [5.74, 6) is -0.327. The molecule has 0 bridgehead atoms. The van der Waals surface area contributed by atoms with Crippen molar-refractivity contribution in [2.24, 2.45) is 0 Å². The van der Waals surface area contributed by atoms with E-state index in [1.165, 1.54) is 6.08 Å². The molecule has 0 heterocycles. The number of rotatable bonds is 7. The third-order valence-corrected chi connectivity index (χ3v) is 2.09. The first-order chi connectivity index (χ1) is 8.83. The summed E-state index contributed by atoms with van der Waals surface area (Å²) in [6.07, 6.45) is 6.64. The van der Waals surface area contributed by atoms with Gasteiger partial charge in [-0.25, -0.2) is 4.79 Å². The summed E-state index contributed by atoms with van der Waals surface area (Å²) in [6, 6.07) is 9.98. The summed E-state index contributed by atoms with van der Waals surface area (Å²) in [5.41, 5.74) is 1.15. The van der Waals surface area contributed by atoms with E-state index < -0.39 is 0 Å². The molecule has 0 radical (unpaired) electrons. The van der Waals surface area contributed by atoms with Crippen molar-refractivity contribution in [3.05, 3.63) is 60.2 Å². The summed E-state index contributed by atoms with van der Waals surface area (Å²) in [6.45, 7) is 3.28. The third-order valence-electron chi connectivity index (χ3n) is 2.09. The van der Waals surface area contributed by atoms with Crippen LogP contribution in [-0.2, 0) is 20.9 Å². The Morgan fingerprint density at radius 3 is 2.72 bits per heavy atom. The van der Waals surface area contributed by atoms with E-state index in [0.717, 1.165) is 5.56 Å². The van der Waals surface area contributed by atoms with Crippen LogP contribution in [0.4, 0.5) is 0 Å². The average Bonchev–Trinajstić information content (AvgIpc) is 2.39. The van der Waals surface area contributed by atoms with Crippen molar-refractivity contribution in [1.29, 1.82) is 0 Å². The molecule has 0 aliphatic heterocycles. The molecule has 0 amide bonds. The van der Waals surface area contributed by atoms with Crippen molar-refractivity contribution in [2.75, 3.05) is 13.2 Å². The van der Waals surface area contributed by atoms with Gasteiger partial charge in [0.25, 0.3) is 0 Å². The molecule has 3 heteroatoms. The lowest BCUT2D eigenvalue weighted by Gasteiger charge is -2.00. The minimum atomic E-state index is -0.327. The number of hydrogen-bond acceptors (Lipinski definition) is 3. The Hall–Kier alpha value is -1.87. The fraction of sp³-hybridized carbons (Fsp3) is 0.267. The summed E-state index contributed by atoms with van der Waals surface area (Å²) < 4.78 is 10.2. The van der Waals surface area contributed by atoms with Gasteiger partial charge in [-0.3, -0.25) is 0 Å². The van der Waals surface area contributed by atoms with Gasteiger partial charge in [0.15, 0.2) is 0 Å². The normalized spacial score (nSPS) is 11.2. The zero-order valence-corrected chi connectivity index (χ0v) is 10.5. The smallest absolute Gasteiger partial charge is 0.330 e. The van der Waals surface area contributed by atoms with Crippen LogP contribution >= 0.6 is 0 Å². The van der Waals surface area contributed by atoms with Crippen LogP contribution in [0.3, 0.4) is 0 Å². The van der Waals surface area contributed by atoms with Crippen LogP contribution < -0.4 is 0 Å². The lowest BCUT2D eigenvalue weighted by molar-refractivity contribution is -0.137. The highest BCUT2D eigenvalue weighted by atomic mass is 16.5. The largest absolute Gasteiger partial charge is 0.463 e. The van der Waals surface area contributed by atoms with Gasteiger partial charge in [0.1, 0.15) is 0 Å². The maximum atomic E-state index is 10.9. The van der Waals surface area contributed by atoms with Crippen molar-refractivity contribution in [3.8, 4) is 0 Å². The van der Waals surface area contributed by atoms with Gasteiger partial charge in [-0.05, 0) is 12.5 Å². The zero-order valence-electron chi connectivity index (χ0n) is 10.5. The molecule has 0 fully saturated rings. The molecule has 0 aromatic heterocycles. The summed E-state index contributed by atoms with van der Waals surface area (Å²) >= 11 is 0. The van der Waals surface area contributed by atoms with E-state index in [1.807, 2.05) is 36.4 Å². The first-order valence-corrected chi connectivity index (χ1v) is 5.94. The van der Waals surface area contributed by atoms with Gasteiger partial charge in [0.05, 0.1) is 19.8 Å². The second-order valence-electron chi connectivity index (χ2n) is 3.54. The molecular formula is C15H18O3. The van der Waals surface area contributed by atoms with E-state index in [0.29, 0.717) is 19.8 Å². The fourth-order valence-corrected chi connectivity index (χ4v) is 1.28. The number of ether oxygens (including phenoxy) is 2. The molecule has 0 aliphatic rings. The molecule has 0 saturated heterocycles. The lowest BCUT2D eigenvalue weighted by Crippen LogP contribution is -1.98. The number of carbonyl (C=O) groups excluding carboxylic acids is 1. The van der Waals surface area contributed by atoms with E-state index in [1.54, 1.807) is 19.1 Å². The number of benzene rings is 1. The van der Waals surface area contributed by atoms with Crippen LogP contribution in [0.15, 0.2) is 54.6 Å². The summed E-state index contributed by atoms with van der Waals surface area (Å²) in [4.78, 5) is 10.9. The minimum absolute atomic E-state index is 0.327. The van der Waals surface area contributed by atoms with Crippen LogP contribution in [-0.4, -0.2) is 19.2 Å². The molecule has 1 aromatic carbocycles. The molecule has 0 spiro atoms. The molecule has 0 unspecified atom stereocenters. The van der Waals surface area contributed by atoms with Crippen molar-refractivity contribution in [3.63, 3.8) is 0 Å². The van der Waals surface area contributed by atoms with Crippen LogP contribution in [0, 0.1) is 0 Å². The second-order valence-corrected chi connectivity index (χ2v) is 3.54. The first kappa shape index (κ1) is 14.2. The lowest BCUT2D eigenvalue weighted by atomic mass is 10.2. The van der Waals surface area contributed by atoms with E-state index in [2.05, 4.69) is 0 Å². The predicted molar refractivity (Wildman–Crippen MR) is 71.0 cm³/mol. The Labute approximate surface area is 108 Å². The quantitative estimate of drug-likeness (QED) is 0.321. The Morgan fingerprint density at radius 1 is 1.22 bits per heavy atom. The number of esters is 1. The van der Waals surface area contributed by atoms with Crippen molar-refractivity contribution in [2.45, 2.75) is 13.5 Å². The molecule has 0 saturated carbocycles. The summed E-state index contributed by atoms with van der Waals surface area (Å²) in [7, 11) is 0. The zero-order chi connectivity index (χ0) is 13.1. The maximum absolute atomic E-state index is 10.9. The first-order valence-electron chi connectivity index (χ1n) is 5.94. The molecule has 0 atom stereocenters. The van der Waals surface area contributed by atoms with Gasteiger partial charge in [0, 0.05) is 6.08 Å². The average molecular weight is 246 g/mol. The third kappa shape index (κ3) is 6.66. The molecular weight excluding hydrogens is 228 g/mol. The topological polar surface area (TPSA) is 35.5 Å². The van der Waals surface area contributed by atoms with Crippen LogP contribution in [0.25, 0.3) is 0 Å². The van der Waals surface area contributed by atoms with Gasteiger partial charge in [-0.15, -0.1) is 0 Å². The van der Waals surface area contributed by atoms with Gasteiger partial charge in [0.2, 0.25) is 0 Å². The molecule has 1 aromatic rings. The molecule has 0 aliphatic carbocycles. The highest BCUT2D eigenvalue weighted by molar-refractivity contribution is 5.82. The van der Waals surface area contributed by atoms with Crippen LogP contribution in [0.1, 0.15) is 12.5 Å². The second kappa shape index (κ2) is 9.19. The van der Waals surface area contributed by atoms with Gasteiger partial charge < -0.3 is 9.47 Å². The Morgan fingerprint density at radius 2 is 2.00 bits per heavy atom. The fourth-order valence-electron chi connectivity index (χ4n) is 1.28. The minimum Gasteiger partial charge on any atom is -0.463 e. The SMILES string of the molecule is CCOC(=O)/C=C/C=C/COCc1ccccc1. The highest BCUT2D eigenvalue weighted by Gasteiger charge is 1.90. The van der Waals surface area contributed by atoms with Gasteiger partial charge in [-0.2, -0.15) is 0 Å². The Bertz CT molecular complexity index is 393. The monoisotopic (exact) mass is 246 g/mol.